The van der Waals surface area contributed by atoms with E-state index in [1.165, 1.54) is 36.7 Å². The highest BCUT2D eigenvalue weighted by molar-refractivity contribution is 7.99. The van der Waals surface area contributed by atoms with Gasteiger partial charge >= 0.3 is 0 Å². The van der Waals surface area contributed by atoms with E-state index < -0.39 is 0 Å². The van der Waals surface area contributed by atoms with Crippen molar-refractivity contribution in [1.29, 1.82) is 0 Å². The molecule has 1 aliphatic rings. The van der Waals surface area contributed by atoms with E-state index in [1.54, 1.807) is 11.3 Å². The van der Waals surface area contributed by atoms with E-state index in [4.69, 9.17) is 0 Å². The number of thiophene rings is 1. The van der Waals surface area contributed by atoms with Crippen molar-refractivity contribution in [2.45, 2.75) is 6.54 Å². The Morgan fingerprint density at radius 2 is 2.20 bits per heavy atom. The molecule has 1 N–H and O–H groups in total. The summed E-state index contributed by atoms with van der Waals surface area (Å²) in [6.45, 7) is 5.87. The summed E-state index contributed by atoms with van der Waals surface area (Å²) in [4.78, 5) is 2.55. The SMILES string of the molecule is c1cc(CNCCN2CCSCC2)cs1. The van der Waals surface area contributed by atoms with E-state index in [9.17, 15) is 0 Å². The van der Waals surface area contributed by atoms with Gasteiger partial charge in [0.2, 0.25) is 0 Å². The van der Waals surface area contributed by atoms with E-state index in [1.807, 2.05) is 0 Å². The molecule has 15 heavy (non-hydrogen) atoms. The molecule has 1 aliphatic heterocycles. The van der Waals surface area contributed by atoms with Crippen molar-refractivity contribution < 1.29 is 0 Å². The van der Waals surface area contributed by atoms with Gasteiger partial charge in [0.05, 0.1) is 0 Å². The van der Waals surface area contributed by atoms with E-state index in [0.717, 1.165) is 13.1 Å². The highest BCUT2D eigenvalue weighted by Gasteiger charge is 2.08. The zero-order valence-electron chi connectivity index (χ0n) is 8.95. The van der Waals surface area contributed by atoms with Crippen LogP contribution in [0, 0.1) is 0 Å². The first-order chi connectivity index (χ1) is 7.45. The fraction of sp³-hybridized carbons (Fsp3) is 0.636. The van der Waals surface area contributed by atoms with Gasteiger partial charge < -0.3 is 10.2 Å². The molecule has 0 aliphatic carbocycles. The Morgan fingerprint density at radius 3 is 2.93 bits per heavy atom. The zero-order chi connectivity index (χ0) is 10.3. The maximum Gasteiger partial charge on any atom is 0.0214 e. The highest BCUT2D eigenvalue weighted by atomic mass is 32.2. The Hall–Kier alpha value is -0.0300. The molecule has 0 bridgehead atoms. The number of nitrogens with one attached hydrogen (secondary N) is 1. The minimum absolute atomic E-state index is 1.02. The Bertz CT molecular complexity index is 256. The fourth-order valence-corrected chi connectivity index (χ4v) is 3.34. The zero-order valence-corrected chi connectivity index (χ0v) is 10.6. The summed E-state index contributed by atoms with van der Waals surface area (Å²) in [5.74, 6) is 2.62. The second-order valence-electron chi connectivity index (χ2n) is 3.76. The van der Waals surface area contributed by atoms with E-state index >= 15 is 0 Å². The van der Waals surface area contributed by atoms with Gasteiger partial charge in [-0.1, -0.05) is 0 Å². The van der Waals surface area contributed by atoms with Crippen LogP contribution in [0.25, 0.3) is 0 Å². The first-order valence-electron chi connectivity index (χ1n) is 5.47. The molecule has 0 saturated carbocycles. The number of nitrogens with zero attached hydrogens (tertiary/aromatic N) is 1. The second kappa shape index (κ2) is 6.53. The summed E-state index contributed by atoms with van der Waals surface area (Å²) in [6, 6.07) is 2.19. The molecule has 0 atom stereocenters. The number of rotatable bonds is 5. The van der Waals surface area contributed by atoms with Crippen LogP contribution in [0.4, 0.5) is 0 Å². The second-order valence-corrected chi connectivity index (χ2v) is 5.77. The summed E-state index contributed by atoms with van der Waals surface area (Å²) in [6.07, 6.45) is 0. The van der Waals surface area contributed by atoms with Crippen molar-refractivity contribution in [3.63, 3.8) is 0 Å². The van der Waals surface area contributed by atoms with Gasteiger partial charge in [-0.15, -0.1) is 0 Å². The average Bonchev–Trinajstić information content (AvgIpc) is 2.79. The van der Waals surface area contributed by atoms with Gasteiger partial charge in [-0.05, 0) is 22.4 Å². The van der Waals surface area contributed by atoms with Crippen LogP contribution in [0.15, 0.2) is 16.8 Å². The lowest BCUT2D eigenvalue weighted by atomic mass is 10.3. The average molecular weight is 242 g/mol. The molecule has 2 nitrogen and oxygen atoms in total. The van der Waals surface area contributed by atoms with Gasteiger partial charge in [0.15, 0.2) is 0 Å². The van der Waals surface area contributed by atoms with E-state index in [0.29, 0.717) is 0 Å². The van der Waals surface area contributed by atoms with Gasteiger partial charge in [0, 0.05) is 44.2 Å². The van der Waals surface area contributed by atoms with Crippen LogP contribution >= 0.6 is 23.1 Å². The monoisotopic (exact) mass is 242 g/mol. The summed E-state index contributed by atoms with van der Waals surface area (Å²) >= 11 is 3.85. The third-order valence-electron chi connectivity index (χ3n) is 2.62. The first kappa shape index (κ1) is 11.5. The molecular weight excluding hydrogens is 224 g/mol. The lowest BCUT2D eigenvalue weighted by molar-refractivity contribution is 0.301. The molecule has 1 aromatic rings. The van der Waals surface area contributed by atoms with Crippen LogP contribution in [0.1, 0.15) is 5.56 Å². The normalized spacial score (nSPS) is 18.1. The molecule has 1 fully saturated rings. The molecule has 0 amide bonds. The van der Waals surface area contributed by atoms with Crippen molar-refractivity contribution >= 4 is 23.1 Å². The molecule has 4 heteroatoms. The molecule has 0 aromatic carbocycles. The molecular formula is C11H18N2S2. The van der Waals surface area contributed by atoms with Crippen molar-refractivity contribution in [2.75, 3.05) is 37.7 Å². The molecule has 2 rings (SSSR count). The first-order valence-corrected chi connectivity index (χ1v) is 7.57. The van der Waals surface area contributed by atoms with Crippen molar-refractivity contribution in [1.82, 2.24) is 10.2 Å². The van der Waals surface area contributed by atoms with Gasteiger partial charge in [0.1, 0.15) is 0 Å². The van der Waals surface area contributed by atoms with Crippen molar-refractivity contribution in [3.05, 3.63) is 22.4 Å². The molecule has 0 spiro atoms. The summed E-state index contributed by atoms with van der Waals surface area (Å²) in [7, 11) is 0. The Labute approximate surface area is 100 Å². The summed E-state index contributed by atoms with van der Waals surface area (Å²) < 4.78 is 0. The molecule has 84 valence electrons. The van der Waals surface area contributed by atoms with Gasteiger partial charge in [-0.2, -0.15) is 23.1 Å². The van der Waals surface area contributed by atoms with Crippen molar-refractivity contribution in [3.8, 4) is 0 Å². The Morgan fingerprint density at radius 1 is 1.33 bits per heavy atom. The fourth-order valence-electron chi connectivity index (χ4n) is 1.69. The van der Waals surface area contributed by atoms with Crippen molar-refractivity contribution in [2.24, 2.45) is 0 Å². The Balaban J connectivity index is 1.54. The van der Waals surface area contributed by atoms with Gasteiger partial charge in [0.25, 0.3) is 0 Å². The predicted molar refractivity (Wildman–Crippen MR) is 69.8 cm³/mol. The largest absolute Gasteiger partial charge is 0.311 e. The third-order valence-corrected chi connectivity index (χ3v) is 4.29. The number of hydrogen-bond acceptors (Lipinski definition) is 4. The molecule has 1 aromatic heterocycles. The molecule has 0 unspecified atom stereocenters. The minimum atomic E-state index is 1.02. The van der Waals surface area contributed by atoms with Crippen LogP contribution < -0.4 is 5.32 Å². The summed E-state index contributed by atoms with van der Waals surface area (Å²) in [5, 5.41) is 7.84. The van der Waals surface area contributed by atoms with Crippen LogP contribution in [-0.2, 0) is 6.54 Å². The van der Waals surface area contributed by atoms with E-state index in [-0.39, 0.29) is 0 Å². The standard InChI is InChI=1S/C11H18N2S2/c1-6-15-10-11(1)9-12-2-3-13-4-7-14-8-5-13/h1,6,10,12H,2-5,7-9H2. The molecule has 2 heterocycles. The lowest BCUT2D eigenvalue weighted by Crippen LogP contribution is -2.37. The van der Waals surface area contributed by atoms with Gasteiger partial charge in [-0.25, -0.2) is 0 Å². The number of hydrogen-bond donors (Lipinski definition) is 1. The van der Waals surface area contributed by atoms with Crippen LogP contribution in [0.2, 0.25) is 0 Å². The minimum Gasteiger partial charge on any atom is -0.311 e. The van der Waals surface area contributed by atoms with Gasteiger partial charge in [-0.3, -0.25) is 0 Å². The van der Waals surface area contributed by atoms with Crippen LogP contribution in [0.3, 0.4) is 0 Å². The maximum atomic E-state index is 3.49. The summed E-state index contributed by atoms with van der Waals surface area (Å²) in [5.41, 5.74) is 1.41. The maximum absolute atomic E-state index is 3.49. The third kappa shape index (κ3) is 4.15. The predicted octanol–water partition coefficient (Wildman–Crippen LogP) is 1.89. The molecule has 1 saturated heterocycles. The van der Waals surface area contributed by atoms with Crippen LogP contribution in [-0.4, -0.2) is 42.6 Å². The van der Waals surface area contributed by atoms with E-state index in [2.05, 4.69) is 38.8 Å². The Kier molecular flexibility index (Phi) is 4.99. The topological polar surface area (TPSA) is 15.3 Å². The molecule has 0 radical (unpaired) electrons. The smallest absolute Gasteiger partial charge is 0.0214 e. The van der Waals surface area contributed by atoms with Crippen LogP contribution in [0.5, 0.6) is 0 Å². The highest BCUT2D eigenvalue weighted by Crippen LogP contribution is 2.08. The lowest BCUT2D eigenvalue weighted by Gasteiger charge is -2.26. The number of thioether (sulfide) groups is 1. The quantitative estimate of drug-likeness (QED) is 0.794.